The summed E-state index contributed by atoms with van der Waals surface area (Å²) in [5.41, 5.74) is 0. The van der Waals surface area contributed by atoms with Crippen molar-refractivity contribution < 1.29 is 24.2 Å². The molecule has 0 aromatic rings. The van der Waals surface area contributed by atoms with Crippen LogP contribution in [0.5, 0.6) is 0 Å². The zero-order valence-electron chi connectivity index (χ0n) is 19.8. The van der Waals surface area contributed by atoms with Gasteiger partial charge in [0.25, 0.3) is 0 Å². The van der Waals surface area contributed by atoms with Gasteiger partial charge in [-0.15, -0.1) is 0 Å². The summed E-state index contributed by atoms with van der Waals surface area (Å²) >= 11 is 0. The third-order valence-electron chi connectivity index (χ3n) is 5.40. The average Bonchev–Trinajstić information content (AvgIpc) is 2.74. The summed E-state index contributed by atoms with van der Waals surface area (Å²) < 4.78 is 10.3. The number of unbranched alkanes of at least 4 members (excludes halogenated alkanes) is 14. The minimum absolute atomic E-state index is 0.0637. The van der Waals surface area contributed by atoms with E-state index in [1.807, 2.05) is 0 Å². The first-order valence-corrected chi connectivity index (χ1v) is 12.6. The van der Waals surface area contributed by atoms with E-state index in [9.17, 15) is 14.7 Å². The van der Waals surface area contributed by atoms with Gasteiger partial charge >= 0.3 is 11.9 Å². The highest BCUT2D eigenvalue weighted by Gasteiger charge is 2.15. The highest BCUT2D eigenvalue weighted by Crippen LogP contribution is 2.13. The van der Waals surface area contributed by atoms with Crippen molar-refractivity contribution in [1.82, 2.24) is 0 Å². The highest BCUT2D eigenvalue weighted by atomic mass is 16.6. The lowest BCUT2D eigenvalue weighted by Gasteiger charge is -2.15. The molecule has 0 rings (SSSR count). The second kappa shape index (κ2) is 22.6. The Morgan fingerprint density at radius 3 is 1.53 bits per heavy atom. The maximum absolute atomic E-state index is 11.9. The molecule has 0 fully saturated rings. The lowest BCUT2D eigenvalue weighted by molar-refractivity contribution is -0.161. The molecule has 0 heterocycles. The van der Waals surface area contributed by atoms with E-state index in [1.165, 1.54) is 64.2 Å². The van der Waals surface area contributed by atoms with Crippen LogP contribution in [0, 0.1) is 0 Å². The average molecular weight is 429 g/mol. The van der Waals surface area contributed by atoms with Crippen molar-refractivity contribution in [3.8, 4) is 0 Å². The Balaban J connectivity index is 3.52. The predicted molar refractivity (Wildman–Crippen MR) is 122 cm³/mol. The molecule has 0 aromatic carbocycles. The summed E-state index contributed by atoms with van der Waals surface area (Å²) in [6.45, 7) is 3.94. The summed E-state index contributed by atoms with van der Waals surface area (Å²) in [6.07, 6.45) is 19.2. The van der Waals surface area contributed by atoms with Crippen LogP contribution in [0.25, 0.3) is 0 Å². The van der Waals surface area contributed by atoms with E-state index in [0.717, 1.165) is 38.5 Å². The van der Waals surface area contributed by atoms with Crippen LogP contribution < -0.4 is 0 Å². The minimum Gasteiger partial charge on any atom is -0.462 e. The summed E-state index contributed by atoms with van der Waals surface area (Å²) in [4.78, 5) is 23.5. The number of carbonyl (C=O) groups excluding carboxylic acids is 2. The van der Waals surface area contributed by atoms with Gasteiger partial charge in [-0.1, -0.05) is 104 Å². The molecule has 1 atom stereocenters. The first-order chi connectivity index (χ1) is 14.6. The number of carbonyl (C=O) groups is 2. The smallest absolute Gasteiger partial charge is 0.306 e. The molecule has 0 radical (unpaired) electrons. The van der Waals surface area contributed by atoms with Crippen molar-refractivity contribution in [3.05, 3.63) is 0 Å². The second-order valence-electron chi connectivity index (χ2n) is 8.43. The molecule has 0 saturated heterocycles. The number of hydrogen-bond donors (Lipinski definition) is 1. The van der Waals surface area contributed by atoms with Crippen molar-refractivity contribution in [2.24, 2.45) is 0 Å². The van der Waals surface area contributed by atoms with E-state index in [-0.39, 0.29) is 25.2 Å². The van der Waals surface area contributed by atoms with Gasteiger partial charge in [-0.3, -0.25) is 9.59 Å². The van der Waals surface area contributed by atoms with Crippen LogP contribution in [-0.4, -0.2) is 36.4 Å². The fraction of sp³-hybridized carbons (Fsp3) is 0.920. The number of ether oxygens (including phenoxy) is 2. The van der Waals surface area contributed by atoms with Crippen LogP contribution in [-0.2, 0) is 19.1 Å². The second-order valence-corrected chi connectivity index (χ2v) is 8.43. The van der Waals surface area contributed by atoms with Gasteiger partial charge in [0.1, 0.15) is 6.61 Å². The maximum Gasteiger partial charge on any atom is 0.306 e. The Labute approximate surface area is 185 Å². The minimum atomic E-state index is -0.755. The SMILES string of the molecule is CCCCCCCCCCCCCCCC(=O)O[C@H](CO)COC(=O)CCCCC. The van der Waals surface area contributed by atoms with Crippen molar-refractivity contribution in [2.75, 3.05) is 13.2 Å². The molecule has 0 saturated carbocycles. The van der Waals surface area contributed by atoms with E-state index < -0.39 is 6.10 Å². The van der Waals surface area contributed by atoms with Gasteiger partial charge in [0.15, 0.2) is 6.10 Å². The molecule has 0 aliphatic rings. The van der Waals surface area contributed by atoms with Gasteiger partial charge in [0.2, 0.25) is 0 Å². The van der Waals surface area contributed by atoms with Crippen LogP contribution in [0.15, 0.2) is 0 Å². The Hall–Kier alpha value is -1.10. The molecule has 0 spiro atoms. The third-order valence-corrected chi connectivity index (χ3v) is 5.40. The van der Waals surface area contributed by atoms with E-state index >= 15 is 0 Å². The molecule has 0 amide bonds. The number of aliphatic hydroxyl groups excluding tert-OH is 1. The number of aliphatic hydroxyl groups is 1. The normalized spacial score (nSPS) is 12.0. The number of hydrogen-bond acceptors (Lipinski definition) is 5. The fourth-order valence-corrected chi connectivity index (χ4v) is 3.43. The summed E-state index contributed by atoms with van der Waals surface area (Å²) in [5.74, 6) is -0.617. The Kier molecular flexibility index (Phi) is 21.8. The first kappa shape index (κ1) is 28.9. The molecule has 0 aliphatic heterocycles. The van der Waals surface area contributed by atoms with Crippen molar-refractivity contribution >= 4 is 11.9 Å². The molecular weight excluding hydrogens is 380 g/mol. The van der Waals surface area contributed by atoms with Gasteiger partial charge in [0, 0.05) is 12.8 Å². The van der Waals surface area contributed by atoms with Crippen LogP contribution in [0.4, 0.5) is 0 Å². The van der Waals surface area contributed by atoms with Gasteiger partial charge in [-0.25, -0.2) is 0 Å². The Bertz CT molecular complexity index is 397. The molecule has 5 nitrogen and oxygen atoms in total. The molecule has 178 valence electrons. The van der Waals surface area contributed by atoms with E-state index in [2.05, 4.69) is 13.8 Å². The Morgan fingerprint density at radius 1 is 0.633 bits per heavy atom. The van der Waals surface area contributed by atoms with Crippen LogP contribution >= 0.6 is 0 Å². The first-order valence-electron chi connectivity index (χ1n) is 12.6. The van der Waals surface area contributed by atoms with Gasteiger partial charge in [-0.05, 0) is 12.8 Å². The number of esters is 2. The molecule has 1 N–H and O–H groups in total. The lowest BCUT2D eigenvalue weighted by atomic mass is 10.0. The topological polar surface area (TPSA) is 72.8 Å². The molecule has 0 aromatic heterocycles. The van der Waals surface area contributed by atoms with Gasteiger partial charge in [0.05, 0.1) is 6.61 Å². The molecule has 0 unspecified atom stereocenters. The van der Waals surface area contributed by atoms with E-state index in [0.29, 0.717) is 12.8 Å². The van der Waals surface area contributed by atoms with Crippen molar-refractivity contribution in [3.63, 3.8) is 0 Å². The van der Waals surface area contributed by atoms with Crippen molar-refractivity contribution in [1.29, 1.82) is 0 Å². The summed E-state index contributed by atoms with van der Waals surface area (Å²) in [7, 11) is 0. The predicted octanol–water partition coefficient (Wildman–Crippen LogP) is 6.50. The quantitative estimate of drug-likeness (QED) is 0.157. The number of rotatable bonds is 22. The zero-order chi connectivity index (χ0) is 22.3. The van der Waals surface area contributed by atoms with Crippen LogP contribution in [0.1, 0.15) is 129 Å². The fourth-order valence-electron chi connectivity index (χ4n) is 3.43. The molecular formula is C25H48O5. The molecule has 0 bridgehead atoms. The largest absolute Gasteiger partial charge is 0.462 e. The standard InChI is InChI=1S/C25H48O5/c1-3-5-7-8-9-10-11-12-13-14-15-16-18-20-25(28)30-23(21-26)22-29-24(27)19-17-6-4-2/h23,26H,3-22H2,1-2H3/t23-/m1/s1. The highest BCUT2D eigenvalue weighted by molar-refractivity contribution is 5.70. The molecule has 5 heteroatoms. The van der Waals surface area contributed by atoms with Crippen molar-refractivity contribution in [2.45, 2.75) is 136 Å². The lowest BCUT2D eigenvalue weighted by Crippen LogP contribution is -2.28. The van der Waals surface area contributed by atoms with E-state index in [1.54, 1.807) is 0 Å². The maximum atomic E-state index is 11.9. The monoisotopic (exact) mass is 428 g/mol. The van der Waals surface area contributed by atoms with Gasteiger partial charge in [-0.2, -0.15) is 0 Å². The summed E-state index contributed by atoms with van der Waals surface area (Å²) in [6, 6.07) is 0. The van der Waals surface area contributed by atoms with Crippen LogP contribution in [0.3, 0.4) is 0 Å². The Morgan fingerprint density at radius 2 is 1.03 bits per heavy atom. The molecule has 30 heavy (non-hydrogen) atoms. The van der Waals surface area contributed by atoms with E-state index in [4.69, 9.17) is 9.47 Å². The van der Waals surface area contributed by atoms with Gasteiger partial charge < -0.3 is 14.6 Å². The molecule has 0 aliphatic carbocycles. The van der Waals surface area contributed by atoms with Crippen LogP contribution in [0.2, 0.25) is 0 Å². The summed E-state index contributed by atoms with van der Waals surface area (Å²) in [5, 5.41) is 9.32. The zero-order valence-corrected chi connectivity index (χ0v) is 19.8. The third kappa shape index (κ3) is 20.2.